The molecule has 9 heteroatoms. The lowest BCUT2D eigenvalue weighted by Crippen LogP contribution is -2.05. The van der Waals surface area contributed by atoms with Crippen LogP contribution in [0.1, 0.15) is 12.6 Å². The normalized spacial score (nSPS) is 11.0. The fourth-order valence-electron chi connectivity index (χ4n) is 3.01. The highest BCUT2D eigenvalue weighted by atomic mass is 32.2. The minimum Gasteiger partial charge on any atom is -0.399 e. The van der Waals surface area contributed by atoms with Crippen molar-refractivity contribution >= 4 is 45.8 Å². The fourth-order valence-corrected chi connectivity index (χ4v) is 3.78. The van der Waals surface area contributed by atoms with Crippen LogP contribution in [-0.2, 0) is 4.79 Å². The van der Waals surface area contributed by atoms with Gasteiger partial charge in [0.25, 0.3) is 0 Å². The molecule has 0 spiro atoms. The van der Waals surface area contributed by atoms with Crippen molar-refractivity contribution in [2.45, 2.75) is 23.9 Å². The Morgan fingerprint density at radius 3 is 2.52 bits per heavy atom. The molecule has 29 heavy (non-hydrogen) atoms. The van der Waals surface area contributed by atoms with Crippen molar-refractivity contribution in [3.8, 4) is 11.3 Å². The maximum atomic E-state index is 11.1. The van der Waals surface area contributed by atoms with Gasteiger partial charge in [-0.25, -0.2) is 9.97 Å². The van der Waals surface area contributed by atoms with Gasteiger partial charge in [-0.05, 0) is 61.2 Å². The van der Waals surface area contributed by atoms with Crippen molar-refractivity contribution < 1.29 is 4.79 Å². The Hall–Kier alpha value is -3.59. The van der Waals surface area contributed by atoms with Crippen molar-refractivity contribution in [1.82, 2.24) is 20.2 Å². The highest BCUT2D eigenvalue weighted by Crippen LogP contribution is 2.35. The molecule has 0 bridgehead atoms. The van der Waals surface area contributed by atoms with Gasteiger partial charge in [0.05, 0.1) is 16.6 Å². The molecule has 0 aliphatic carbocycles. The van der Waals surface area contributed by atoms with Crippen LogP contribution in [-0.4, -0.2) is 26.1 Å². The molecule has 146 valence electrons. The molecule has 0 saturated carbocycles. The molecule has 0 unspecified atom stereocenters. The number of nitrogens with zero attached hydrogens (tertiary/aromatic N) is 3. The number of fused-ring (bicyclic) bond motifs is 1. The molecule has 6 N–H and O–H groups in total. The molecule has 0 aliphatic heterocycles. The molecule has 8 nitrogen and oxygen atoms in total. The smallest absolute Gasteiger partial charge is 0.221 e. The number of benzene rings is 2. The third-order valence-corrected chi connectivity index (χ3v) is 5.07. The van der Waals surface area contributed by atoms with Gasteiger partial charge in [-0.15, -0.1) is 0 Å². The van der Waals surface area contributed by atoms with E-state index in [0.717, 1.165) is 32.9 Å². The van der Waals surface area contributed by atoms with Crippen LogP contribution in [0.4, 0.5) is 17.2 Å². The van der Waals surface area contributed by atoms with Gasteiger partial charge in [-0.1, -0.05) is 0 Å². The number of aryl methyl sites for hydroxylation is 1. The first-order valence-electron chi connectivity index (χ1n) is 8.83. The van der Waals surface area contributed by atoms with Gasteiger partial charge >= 0.3 is 0 Å². The zero-order valence-electron chi connectivity index (χ0n) is 15.9. The summed E-state index contributed by atoms with van der Waals surface area (Å²) in [6.07, 6.45) is 0. The molecule has 0 fully saturated rings. The highest BCUT2D eigenvalue weighted by Gasteiger charge is 2.15. The van der Waals surface area contributed by atoms with Crippen LogP contribution in [0, 0.1) is 6.92 Å². The SMILES string of the molecule is CC(=O)Nc1ccc(Sc2nc(N)c3c(-c4cc(C)[nH]n4)cc(N)cc3n2)cc1. The number of amides is 1. The van der Waals surface area contributed by atoms with E-state index in [4.69, 9.17) is 11.5 Å². The lowest BCUT2D eigenvalue weighted by atomic mass is 10.0. The second kappa shape index (κ2) is 7.44. The van der Waals surface area contributed by atoms with Crippen LogP contribution in [0.15, 0.2) is 52.5 Å². The number of anilines is 3. The first-order valence-corrected chi connectivity index (χ1v) is 9.65. The molecule has 4 rings (SSSR count). The number of carbonyl (C=O) groups is 1. The Morgan fingerprint density at radius 1 is 1.10 bits per heavy atom. The first kappa shape index (κ1) is 18.8. The number of aromatic amines is 1. The summed E-state index contributed by atoms with van der Waals surface area (Å²) in [6.45, 7) is 3.40. The van der Waals surface area contributed by atoms with Crippen LogP contribution in [0.25, 0.3) is 22.2 Å². The average Bonchev–Trinajstić information content (AvgIpc) is 3.08. The van der Waals surface area contributed by atoms with E-state index in [1.54, 1.807) is 6.07 Å². The van der Waals surface area contributed by atoms with E-state index < -0.39 is 0 Å². The van der Waals surface area contributed by atoms with E-state index in [1.165, 1.54) is 18.7 Å². The third-order valence-electron chi connectivity index (χ3n) is 4.19. The van der Waals surface area contributed by atoms with Crippen LogP contribution in [0.5, 0.6) is 0 Å². The molecule has 1 amide bonds. The summed E-state index contributed by atoms with van der Waals surface area (Å²) in [6, 6.07) is 12.9. The van der Waals surface area contributed by atoms with Gasteiger partial charge in [-0.3, -0.25) is 9.89 Å². The summed E-state index contributed by atoms with van der Waals surface area (Å²) in [5, 5.41) is 11.2. The van der Waals surface area contributed by atoms with E-state index in [2.05, 4.69) is 25.5 Å². The number of hydrogen-bond donors (Lipinski definition) is 4. The summed E-state index contributed by atoms with van der Waals surface area (Å²) in [5.74, 6) is 0.250. The van der Waals surface area contributed by atoms with Gasteiger partial charge in [0.15, 0.2) is 5.16 Å². The largest absolute Gasteiger partial charge is 0.399 e. The zero-order chi connectivity index (χ0) is 20.5. The van der Waals surface area contributed by atoms with Gasteiger partial charge < -0.3 is 16.8 Å². The van der Waals surface area contributed by atoms with Crippen molar-refractivity contribution in [3.63, 3.8) is 0 Å². The minimum atomic E-state index is -0.114. The summed E-state index contributed by atoms with van der Waals surface area (Å²) >= 11 is 1.38. The van der Waals surface area contributed by atoms with Crippen LogP contribution >= 0.6 is 11.8 Å². The topological polar surface area (TPSA) is 136 Å². The quantitative estimate of drug-likeness (QED) is 0.301. The molecule has 2 aromatic carbocycles. The van der Waals surface area contributed by atoms with Gasteiger partial charge in [0, 0.05) is 34.5 Å². The summed E-state index contributed by atoms with van der Waals surface area (Å²) in [4.78, 5) is 21.2. The monoisotopic (exact) mass is 405 g/mol. The summed E-state index contributed by atoms with van der Waals surface area (Å²) in [5.41, 5.74) is 16.8. The van der Waals surface area contributed by atoms with Crippen molar-refractivity contribution in [1.29, 1.82) is 0 Å². The predicted molar refractivity (Wildman–Crippen MR) is 116 cm³/mol. The lowest BCUT2D eigenvalue weighted by molar-refractivity contribution is -0.114. The number of nitrogen functional groups attached to an aromatic ring is 2. The fraction of sp³-hybridized carbons (Fsp3) is 0.100. The molecule has 0 saturated heterocycles. The number of aromatic nitrogens is 4. The Morgan fingerprint density at radius 2 is 1.86 bits per heavy atom. The summed E-state index contributed by atoms with van der Waals surface area (Å²) in [7, 11) is 0. The average molecular weight is 405 g/mol. The van der Waals surface area contributed by atoms with Gasteiger partial charge in [0.1, 0.15) is 5.82 Å². The number of hydrogen-bond acceptors (Lipinski definition) is 7. The lowest BCUT2D eigenvalue weighted by Gasteiger charge is -2.10. The van der Waals surface area contributed by atoms with Crippen LogP contribution < -0.4 is 16.8 Å². The maximum absolute atomic E-state index is 11.1. The van der Waals surface area contributed by atoms with E-state index >= 15 is 0 Å². The second-order valence-corrected chi connectivity index (χ2v) is 7.64. The number of carbonyl (C=O) groups excluding carboxylic acids is 1. The summed E-state index contributed by atoms with van der Waals surface area (Å²) < 4.78 is 0. The maximum Gasteiger partial charge on any atom is 0.221 e. The molecule has 0 aliphatic rings. The molecule has 0 atom stereocenters. The van der Waals surface area contributed by atoms with Gasteiger partial charge in [0.2, 0.25) is 5.91 Å². The highest BCUT2D eigenvalue weighted by molar-refractivity contribution is 7.99. The number of nitrogens with one attached hydrogen (secondary N) is 2. The number of rotatable bonds is 4. The Balaban J connectivity index is 1.71. The van der Waals surface area contributed by atoms with E-state index in [1.807, 2.05) is 43.3 Å². The predicted octanol–water partition coefficient (Wildman–Crippen LogP) is 3.60. The number of H-pyrrole nitrogens is 1. The van der Waals surface area contributed by atoms with Crippen LogP contribution in [0.2, 0.25) is 0 Å². The van der Waals surface area contributed by atoms with Gasteiger partial charge in [-0.2, -0.15) is 5.10 Å². The molecule has 0 radical (unpaired) electrons. The molecule has 4 aromatic rings. The van der Waals surface area contributed by atoms with E-state index in [-0.39, 0.29) is 5.91 Å². The Kier molecular flexibility index (Phi) is 4.81. The van der Waals surface area contributed by atoms with Crippen molar-refractivity contribution in [3.05, 3.63) is 48.2 Å². The molecule has 2 aromatic heterocycles. The minimum absolute atomic E-state index is 0.114. The van der Waals surface area contributed by atoms with Crippen molar-refractivity contribution in [2.75, 3.05) is 16.8 Å². The molecular weight excluding hydrogens is 386 g/mol. The molecule has 2 heterocycles. The van der Waals surface area contributed by atoms with Crippen LogP contribution in [0.3, 0.4) is 0 Å². The third kappa shape index (κ3) is 3.99. The van der Waals surface area contributed by atoms with E-state index in [0.29, 0.717) is 22.2 Å². The Bertz CT molecular complexity index is 1220. The standard InChI is InChI=1S/C20H19N7OS/c1-10-7-16(27-26-10)15-8-12(21)9-17-18(15)19(22)25-20(24-17)29-14-5-3-13(4-6-14)23-11(2)28/h3-9H,21H2,1-2H3,(H,23,28)(H,26,27)(H2,22,24,25). The second-order valence-electron chi connectivity index (χ2n) is 6.60. The Labute approximate surface area is 171 Å². The van der Waals surface area contributed by atoms with Crippen molar-refractivity contribution in [2.24, 2.45) is 0 Å². The van der Waals surface area contributed by atoms with E-state index in [9.17, 15) is 4.79 Å². The number of nitrogens with two attached hydrogens (primary N) is 2. The first-order chi connectivity index (χ1) is 13.9. The zero-order valence-corrected chi connectivity index (χ0v) is 16.7. The molecular formula is C20H19N7OS.